The normalized spacial score (nSPS) is 23.6. The highest BCUT2D eigenvalue weighted by Gasteiger charge is 2.30. The second-order valence-electron chi connectivity index (χ2n) is 6.77. The van der Waals surface area contributed by atoms with Gasteiger partial charge in [0.05, 0.1) is 12.2 Å². The standard InChI is InChI=1S/C14H30N2O/c1-7-12(10-15-13(2,3)4)16-8-9-17-14(5,6)11-16/h12,15H,7-11H2,1-6H3. The molecule has 102 valence electrons. The Labute approximate surface area is 107 Å². The molecule has 3 heteroatoms. The van der Waals surface area contributed by atoms with E-state index in [2.05, 4.69) is 51.8 Å². The van der Waals surface area contributed by atoms with Crippen molar-refractivity contribution in [3.05, 3.63) is 0 Å². The SMILES string of the molecule is CCC(CNC(C)(C)C)N1CCOC(C)(C)C1. The van der Waals surface area contributed by atoms with E-state index in [0.717, 1.165) is 26.2 Å². The number of rotatable bonds is 4. The molecule has 0 aromatic carbocycles. The van der Waals surface area contributed by atoms with Gasteiger partial charge >= 0.3 is 0 Å². The summed E-state index contributed by atoms with van der Waals surface area (Å²) in [5.74, 6) is 0. The lowest BCUT2D eigenvalue weighted by Gasteiger charge is -2.42. The molecule has 1 unspecified atom stereocenters. The molecule has 1 rings (SSSR count). The number of hydrogen-bond acceptors (Lipinski definition) is 3. The van der Waals surface area contributed by atoms with E-state index in [9.17, 15) is 0 Å². The van der Waals surface area contributed by atoms with Crippen molar-refractivity contribution in [3.63, 3.8) is 0 Å². The summed E-state index contributed by atoms with van der Waals surface area (Å²) >= 11 is 0. The molecule has 0 saturated carbocycles. The Morgan fingerprint density at radius 1 is 1.35 bits per heavy atom. The van der Waals surface area contributed by atoms with Gasteiger partial charge in [-0.3, -0.25) is 4.90 Å². The molecule has 0 radical (unpaired) electrons. The zero-order valence-corrected chi connectivity index (χ0v) is 12.5. The molecule has 0 bridgehead atoms. The average Bonchev–Trinajstić information content (AvgIpc) is 2.15. The van der Waals surface area contributed by atoms with Crippen LogP contribution < -0.4 is 5.32 Å². The first-order chi connectivity index (χ1) is 7.73. The molecule has 0 aromatic heterocycles. The van der Waals surface area contributed by atoms with Crippen LogP contribution in [0.1, 0.15) is 48.0 Å². The largest absolute Gasteiger partial charge is 0.373 e. The van der Waals surface area contributed by atoms with Crippen molar-refractivity contribution < 1.29 is 4.74 Å². The van der Waals surface area contributed by atoms with Crippen molar-refractivity contribution in [1.82, 2.24) is 10.2 Å². The quantitative estimate of drug-likeness (QED) is 0.818. The third-order valence-corrected chi connectivity index (χ3v) is 3.31. The van der Waals surface area contributed by atoms with Gasteiger partial charge in [-0.15, -0.1) is 0 Å². The fourth-order valence-corrected chi connectivity index (χ4v) is 2.32. The van der Waals surface area contributed by atoms with E-state index in [4.69, 9.17) is 4.74 Å². The number of ether oxygens (including phenoxy) is 1. The highest BCUT2D eigenvalue weighted by molar-refractivity contribution is 4.85. The monoisotopic (exact) mass is 242 g/mol. The van der Waals surface area contributed by atoms with Gasteiger partial charge in [0.25, 0.3) is 0 Å². The van der Waals surface area contributed by atoms with Crippen molar-refractivity contribution in [2.75, 3.05) is 26.2 Å². The summed E-state index contributed by atoms with van der Waals surface area (Å²) in [7, 11) is 0. The van der Waals surface area contributed by atoms with Gasteiger partial charge < -0.3 is 10.1 Å². The van der Waals surface area contributed by atoms with Crippen molar-refractivity contribution in [1.29, 1.82) is 0 Å². The highest BCUT2D eigenvalue weighted by atomic mass is 16.5. The molecule has 1 N–H and O–H groups in total. The summed E-state index contributed by atoms with van der Waals surface area (Å²) in [5, 5.41) is 3.62. The minimum absolute atomic E-state index is 0.00734. The molecular weight excluding hydrogens is 212 g/mol. The van der Waals surface area contributed by atoms with Crippen LogP contribution in [0.25, 0.3) is 0 Å². The molecule has 1 aliphatic heterocycles. The van der Waals surface area contributed by atoms with Gasteiger partial charge in [-0.25, -0.2) is 0 Å². The van der Waals surface area contributed by atoms with Gasteiger partial charge in [0, 0.05) is 31.2 Å². The molecule has 1 saturated heterocycles. The molecule has 1 fully saturated rings. The maximum atomic E-state index is 5.77. The predicted molar refractivity (Wildman–Crippen MR) is 73.4 cm³/mol. The zero-order chi connectivity index (χ0) is 13.1. The molecule has 1 heterocycles. The Bertz CT molecular complexity index is 233. The number of morpholine rings is 1. The molecule has 3 nitrogen and oxygen atoms in total. The van der Waals surface area contributed by atoms with Crippen molar-refractivity contribution in [3.8, 4) is 0 Å². The first-order valence-electron chi connectivity index (χ1n) is 6.86. The first kappa shape index (κ1) is 14.9. The van der Waals surface area contributed by atoms with Crippen LogP contribution in [0.3, 0.4) is 0 Å². The second kappa shape index (κ2) is 5.68. The van der Waals surface area contributed by atoms with E-state index < -0.39 is 0 Å². The van der Waals surface area contributed by atoms with Crippen LogP contribution in [0.15, 0.2) is 0 Å². The summed E-state index contributed by atoms with van der Waals surface area (Å²) in [5.41, 5.74) is 0.211. The van der Waals surface area contributed by atoms with Crippen LogP contribution in [0.4, 0.5) is 0 Å². The van der Waals surface area contributed by atoms with Gasteiger partial charge in [-0.05, 0) is 41.0 Å². The summed E-state index contributed by atoms with van der Waals surface area (Å²) in [6.07, 6.45) is 1.19. The number of nitrogens with one attached hydrogen (secondary N) is 1. The van der Waals surface area contributed by atoms with E-state index in [-0.39, 0.29) is 11.1 Å². The molecule has 1 atom stereocenters. The molecular formula is C14H30N2O. The van der Waals surface area contributed by atoms with Crippen LogP contribution in [-0.4, -0.2) is 48.3 Å². The van der Waals surface area contributed by atoms with Crippen molar-refractivity contribution >= 4 is 0 Å². The summed E-state index contributed by atoms with van der Waals surface area (Å²) in [4.78, 5) is 2.57. The topological polar surface area (TPSA) is 24.5 Å². The average molecular weight is 242 g/mol. The third kappa shape index (κ3) is 5.36. The van der Waals surface area contributed by atoms with Crippen molar-refractivity contribution in [2.45, 2.75) is 65.1 Å². The molecule has 17 heavy (non-hydrogen) atoms. The van der Waals surface area contributed by atoms with Crippen LogP contribution in [0, 0.1) is 0 Å². The summed E-state index contributed by atoms with van der Waals surface area (Å²) in [6, 6.07) is 0.623. The Balaban J connectivity index is 2.49. The molecule has 0 aliphatic carbocycles. The second-order valence-corrected chi connectivity index (χ2v) is 6.77. The van der Waals surface area contributed by atoms with Gasteiger partial charge in [0.15, 0.2) is 0 Å². The Morgan fingerprint density at radius 2 is 2.00 bits per heavy atom. The lowest BCUT2D eigenvalue weighted by Crippen LogP contribution is -2.55. The fraction of sp³-hybridized carbons (Fsp3) is 1.00. The van der Waals surface area contributed by atoms with Gasteiger partial charge in [-0.2, -0.15) is 0 Å². The molecule has 0 aromatic rings. The third-order valence-electron chi connectivity index (χ3n) is 3.31. The first-order valence-corrected chi connectivity index (χ1v) is 6.86. The smallest absolute Gasteiger partial charge is 0.0753 e. The van der Waals surface area contributed by atoms with Crippen LogP contribution in [0.2, 0.25) is 0 Å². The minimum Gasteiger partial charge on any atom is -0.373 e. The Kier molecular flexibility index (Phi) is 4.99. The predicted octanol–water partition coefficient (Wildman–Crippen LogP) is 2.26. The Morgan fingerprint density at radius 3 is 2.47 bits per heavy atom. The molecule has 0 spiro atoms. The van der Waals surface area contributed by atoms with E-state index in [1.165, 1.54) is 6.42 Å². The maximum Gasteiger partial charge on any atom is 0.0753 e. The summed E-state index contributed by atoms with van der Waals surface area (Å²) < 4.78 is 5.77. The summed E-state index contributed by atoms with van der Waals surface area (Å²) in [6.45, 7) is 17.3. The van der Waals surface area contributed by atoms with Crippen molar-refractivity contribution in [2.24, 2.45) is 0 Å². The number of hydrogen-bond donors (Lipinski definition) is 1. The van der Waals surface area contributed by atoms with Gasteiger partial charge in [0.2, 0.25) is 0 Å². The maximum absolute atomic E-state index is 5.77. The highest BCUT2D eigenvalue weighted by Crippen LogP contribution is 2.19. The van der Waals surface area contributed by atoms with Crippen LogP contribution in [0.5, 0.6) is 0 Å². The fourth-order valence-electron chi connectivity index (χ4n) is 2.32. The molecule has 0 amide bonds. The van der Waals surface area contributed by atoms with E-state index in [1.807, 2.05) is 0 Å². The number of nitrogens with zero attached hydrogens (tertiary/aromatic N) is 1. The van der Waals surface area contributed by atoms with Gasteiger partial charge in [-0.1, -0.05) is 6.92 Å². The minimum atomic E-state index is 0.00734. The van der Waals surface area contributed by atoms with Crippen LogP contribution in [-0.2, 0) is 4.74 Å². The lowest BCUT2D eigenvalue weighted by atomic mass is 10.0. The van der Waals surface area contributed by atoms with E-state index in [1.54, 1.807) is 0 Å². The van der Waals surface area contributed by atoms with E-state index in [0.29, 0.717) is 6.04 Å². The molecule has 1 aliphatic rings. The lowest BCUT2D eigenvalue weighted by molar-refractivity contribution is -0.0974. The van der Waals surface area contributed by atoms with E-state index >= 15 is 0 Å². The van der Waals surface area contributed by atoms with Crippen LogP contribution >= 0.6 is 0 Å². The van der Waals surface area contributed by atoms with Gasteiger partial charge in [0.1, 0.15) is 0 Å². The Hall–Kier alpha value is -0.120. The zero-order valence-electron chi connectivity index (χ0n) is 12.5.